The van der Waals surface area contributed by atoms with E-state index in [0.29, 0.717) is 32.5 Å². The molecule has 0 spiro atoms. The van der Waals surface area contributed by atoms with Gasteiger partial charge in [-0.3, -0.25) is 4.79 Å². The molecule has 8 heteroatoms. The highest BCUT2D eigenvalue weighted by molar-refractivity contribution is 5.78. The van der Waals surface area contributed by atoms with Gasteiger partial charge in [0.05, 0.1) is 13.2 Å². The number of anilines is 1. The second-order valence-electron chi connectivity index (χ2n) is 6.45. The number of nitrogens with two attached hydrogens (primary N) is 1. The largest absolute Gasteiger partial charge is 0.378 e. The van der Waals surface area contributed by atoms with Crippen molar-refractivity contribution >= 4 is 17.8 Å². The summed E-state index contributed by atoms with van der Waals surface area (Å²) in [4.78, 5) is 31.8. The molecule has 2 aliphatic rings. The number of ether oxygens (including phenoxy) is 1. The Labute approximate surface area is 147 Å². The minimum atomic E-state index is -0.272. The molecular formula is C17H25N5O3. The molecule has 3 heterocycles. The molecule has 8 nitrogen and oxygen atoms in total. The monoisotopic (exact) mass is 347 g/mol. The van der Waals surface area contributed by atoms with Crippen molar-refractivity contribution in [3.63, 3.8) is 0 Å². The standard InChI is InChI=1S/C17H25N5O3/c18-16(23)14-3-5-22(6-4-14)17(24)20-12-13-1-2-15(19-11-13)21-7-9-25-10-8-21/h1-2,11,14H,3-10,12H2,(H2,18,23)(H,20,24). The Bertz CT molecular complexity index is 593. The molecule has 1 aromatic rings. The number of pyridine rings is 1. The third-order valence-electron chi connectivity index (χ3n) is 4.77. The molecule has 1 aromatic heterocycles. The summed E-state index contributed by atoms with van der Waals surface area (Å²) in [5.74, 6) is 0.555. The summed E-state index contributed by atoms with van der Waals surface area (Å²) in [6, 6.07) is 3.85. The average Bonchev–Trinajstić information content (AvgIpc) is 2.67. The van der Waals surface area contributed by atoms with Gasteiger partial charge in [-0.25, -0.2) is 9.78 Å². The first kappa shape index (κ1) is 17.5. The maximum absolute atomic E-state index is 12.2. The lowest BCUT2D eigenvalue weighted by molar-refractivity contribution is -0.123. The van der Waals surface area contributed by atoms with E-state index < -0.39 is 0 Å². The number of primary amides is 1. The predicted octanol–water partition coefficient (Wildman–Crippen LogP) is 0.325. The number of amides is 3. The van der Waals surface area contributed by atoms with E-state index in [9.17, 15) is 9.59 Å². The van der Waals surface area contributed by atoms with E-state index in [1.54, 1.807) is 11.1 Å². The van der Waals surface area contributed by atoms with Gasteiger partial charge in [-0.1, -0.05) is 6.07 Å². The number of morpholine rings is 1. The molecule has 2 aliphatic heterocycles. The second-order valence-corrected chi connectivity index (χ2v) is 6.45. The summed E-state index contributed by atoms with van der Waals surface area (Å²) in [6.45, 7) is 4.72. The molecule has 0 bridgehead atoms. The Hall–Kier alpha value is -2.35. The topological polar surface area (TPSA) is 101 Å². The Kier molecular flexibility index (Phi) is 5.70. The third kappa shape index (κ3) is 4.60. The smallest absolute Gasteiger partial charge is 0.317 e. The van der Waals surface area contributed by atoms with Crippen LogP contribution in [0.1, 0.15) is 18.4 Å². The van der Waals surface area contributed by atoms with Gasteiger partial charge in [0, 0.05) is 44.8 Å². The van der Waals surface area contributed by atoms with Crippen LogP contribution in [0.3, 0.4) is 0 Å². The highest BCUT2D eigenvalue weighted by atomic mass is 16.5. The van der Waals surface area contributed by atoms with Crippen LogP contribution in [0, 0.1) is 5.92 Å². The Balaban J connectivity index is 1.45. The van der Waals surface area contributed by atoms with E-state index in [-0.39, 0.29) is 17.9 Å². The molecule has 3 amide bonds. The molecular weight excluding hydrogens is 322 g/mol. The van der Waals surface area contributed by atoms with Gasteiger partial charge >= 0.3 is 6.03 Å². The van der Waals surface area contributed by atoms with E-state index in [4.69, 9.17) is 10.5 Å². The van der Waals surface area contributed by atoms with Crippen LogP contribution in [0.5, 0.6) is 0 Å². The van der Waals surface area contributed by atoms with Crippen LogP contribution in [0.25, 0.3) is 0 Å². The zero-order valence-corrected chi connectivity index (χ0v) is 14.3. The van der Waals surface area contributed by atoms with Crippen LogP contribution in [-0.2, 0) is 16.1 Å². The predicted molar refractivity (Wildman–Crippen MR) is 93.0 cm³/mol. The number of urea groups is 1. The number of likely N-dealkylation sites (tertiary alicyclic amines) is 1. The molecule has 0 aromatic carbocycles. The number of carbonyl (C=O) groups is 2. The van der Waals surface area contributed by atoms with E-state index in [2.05, 4.69) is 15.2 Å². The number of piperidine rings is 1. The summed E-state index contributed by atoms with van der Waals surface area (Å²) < 4.78 is 5.34. The van der Waals surface area contributed by atoms with Crippen molar-refractivity contribution < 1.29 is 14.3 Å². The number of nitrogens with zero attached hydrogens (tertiary/aromatic N) is 3. The zero-order chi connectivity index (χ0) is 17.6. The van der Waals surface area contributed by atoms with Gasteiger partial charge in [-0.15, -0.1) is 0 Å². The minimum Gasteiger partial charge on any atom is -0.378 e. The molecule has 2 fully saturated rings. The first-order valence-electron chi connectivity index (χ1n) is 8.73. The first-order chi connectivity index (χ1) is 12.1. The Morgan fingerprint density at radius 3 is 2.52 bits per heavy atom. The summed E-state index contributed by atoms with van der Waals surface area (Å²) in [6.07, 6.45) is 3.07. The van der Waals surface area contributed by atoms with Crippen LogP contribution in [0.2, 0.25) is 0 Å². The highest BCUT2D eigenvalue weighted by Crippen LogP contribution is 2.17. The Morgan fingerprint density at radius 1 is 1.20 bits per heavy atom. The highest BCUT2D eigenvalue weighted by Gasteiger charge is 2.25. The zero-order valence-electron chi connectivity index (χ0n) is 14.3. The molecule has 2 saturated heterocycles. The molecule has 0 atom stereocenters. The van der Waals surface area contributed by atoms with Gasteiger partial charge in [0.2, 0.25) is 5.91 Å². The first-order valence-corrected chi connectivity index (χ1v) is 8.73. The fourth-order valence-corrected chi connectivity index (χ4v) is 3.16. The third-order valence-corrected chi connectivity index (χ3v) is 4.77. The van der Waals surface area contributed by atoms with Crippen molar-refractivity contribution in [1.82, 2.24) is 15.2 Å². The maximum Gasteiger partial charge on any atom is 0.317 e. The fraction of sp³-hybridized carbons (Fsp3) is 0.588. The summed E-state index contributed by atoms with van der Waals surface area (Å²) >= 11 is 0. The van der Waals surface area contributed by atoms with Crippen LogP contribution in [0.15, 0.2) is 18.3 Å². The normalized spacial score (nSPS) is 18.9. The minimum absolute atomic E-state index is 0.110. The van der Waals surface area contributed by atoms with E-state index >= 15 is 0 Å². The lowest BCUT2D eigenvalue weighted by Gasteiger charge is -2.30. The van der Waals surface area contributed by atoms with Gasteiger partial charge in [0.15, 0.2) is 0 Å². The molecule has 3 N–H and O–H groups in total. The van der Waals surface area contributed by atoms with Gasteiger partial charge in [0.25, 0.3) is 0 Å². The van der Waals surface area contributed by atoms with Crippen molar-refractivity contribution in [2.45, 2.75) is 19.4 Å². The van der Waals surface area contributed by atoms with Crippen LogP contribution in [0.4, 0.5) is 10.6 Å². The molecule has 0 unspecified atom stereocenters. The Morgan fingerprint density at radius 2 is 1.92 bits per heavy atom. The van der Waals surface area contributed by atoms with Crippen LogP contribution in [-0.4, -0.2) is 61.2 Å². The average molecular weight is 347 g/mol. The van der Waals surface area contributed by atoms with Crippen molar-refractivity contribution in [3.8, 4) is 0 Å². The van der Waals surface area contributed by atoms with Crippen LogP contribution >= 0.6 is 0 Å². The lowest BCUT2D eigenvalue weighted by Crippen LogP contribution is -2.46. The number of carbonyl (C=O) groups excluding carboxylic acids is 2. The number of aromatic nitrogens is 1. The maximum atomic E-state index is 12.2. The summed E-state index contributed by atoms with van der Waals surface area (Å²) in [5, 5.41) is 2.91. The quantitative estimate of drug-likeness (QED) is 0.817. The van der Waals surface area contributed by atoms with E-state index in [1.807, 2.05) is 12.1 Å². The number of hydrogen-bond acceptors (Lipinski definition) is 5. The summed E-state index contributed by atoms with van der Waals surface area (Å²) in [5.41, 5.74) is 6.27. The SMILES string of the molecule is NC(=O)C1CCN(C(=O)NCc2ccc(N3CCOCC3)nc2)CC1. The van der Waals surface area contributed by atoms with Crippen molar-refractivity contribution in [2.75, 3.05) is 44.3 Å². The fourth-order valence-electron chi connectivity index (χ4n) is 3.16. The van der Waals surface area contributed by atoms with Crippen LogP contribution < -0.4 is 16.0 Å². The van der Waals surface area contributed by atoms with Crippen molar-refractivity contribution in [2.24, 2.45) is 11.7 Å². The van der Waals surface area contributed by atoms with Gasteiger partial charge in [-0.05, 0) is 24.5 Å². The molecule has 3 rings (SSSR count). The van der Waals surface area contributed by atoms with Crippen molar-refractivity contribution in [3.05, 3.63) is 23.9 Å². The van der Waals surface area contributed by atoms with E-state index in [0.717, 1.165) is 37.7 Å². The number of rotatable bonds is 4. The molecule has 0 radical (unpaired) electrons. The molecule has 0 aliphatic carbocycles. The molecule has 25 heavy (non-hydrogen) atoms. The summed E-state index contributed by atoms with van der Waals surface area (Å²) in [7, 11) is 0. The number of hydrogen-bond donors (Lipinski definition) is 2. The second kappa shape index (κ2) is 8.15. The van der Waals surface area contributed by atoms with Gasteiger partial charge < -0.3 is 25.6 Å². The van der Waals surface area contributed by atoms with E-state index in [1.165, 1.54) is 0 Å². The molecule has 0 saturated carbocycles. The number of nitrogens with one attached hydrogen (secondary N) is 1. The van der Waals surface area contributed by atoms with Crippen molar-refractivity contribution in [1.29, 1.82) is 0 Å². The van der Waals surface area contributed by atoms with Gasteiger partial charge in [0.1, 0.15) is 5.82 Å². The molecule has 136 valence electrons. The van der Waals surface area contributed by atoms with Gasteiger partial charge in [-0.2, -0.15) is 0 Å². The lowest BCUT2D eigenvalue weighted by atomic mass is 9.96.